The molecule has 1 atom stereocenters. The zero-order valence-electron chi connectivity index (χ0n) is 12.9. The Labute approximate surface area is 138 Å². The van der Waals surface area contributed by atoms with Crippen LogP contribution in [0.4, 0.5) is 13.2 Å². The molecule has 0 radical (unpaired) electrons. The van der Waals surface area contributed by atoms with E-state index in [1.807, 2.05) is 0 Å². The Balaban J connectivity index is 2.03. The molecular formula is C14H18F3NO5S. The minimum atomic E-state index is -5.72. The summed E-state index contributed by atoms with van der Waals surface area (Å²) in [5, 5.41) is 3.18. The van der Waals surface area contributed by atoms with Crippen LogP contribution in [0.25, 0.3) is 0 Å². The standard InChI is InChI=1S/C14H18F3NO5S/c1-2-3-6-18-8-11-9-21-12-5-4-10(7-13(12)22-11)23-24(19,20)14(15,16)17/h4-5,7,11,18H,2-3,6,8-9H2,1H3. The number of benzene rings is 1. The lowest BCUT2D eigenvalue weighted by molar-refractivity contribution is -0.0500. The van der Waals surface area contributed by atoms with Gasteiger partial charge in [-0.25, -0.2) is 0 Å². The number of rotatable bonds is 7. The van der Waals surface area contributed by atoms with Crippen LogP contribution < -0.4 is 19.0 Å². The summed E-state index contributed by atoms with van der Waals surface area (Å²) in [6.45, 7) is 3.67. The molecule has 0 aromatic heterocycles. The number of alkyl halides is 3. The highest BCUT2D eigenvalue weighted by molar-refractivity contribution is 7.88. The molecule has 24 heavy (non-hydrogen) atoms. The predicted octanol–water partition coefficient (Wildman–Crippen LogP) is 2.44. The van der Waals surface area contributed by atoms with Crippen molar-refractivity contribution in [2.24, 2.45) is 0 Å². The zero-order chi connectivity index (χ0) is 17.8. The monoisotopic (exact) mass is 369 g/mol. The lowest BCUT2D eigenvalue weighted by Crippen LogP contribution is -2.38. The van der Waals surface area contributed by atoms with Gasteiger partial charge in [-0.1, -0.05) is 13.3 Å². The summed E-state index contributed by atoms with van der Waals surface area (Å²) in [6.07, 6.45) is 1.73. The lowest BCUT2D eigenvalue weighted by atomic mass is 10.2. The molecule has 1 aromatic rings. The minimum Gasteiger partial charge on any atom is -0.486 e. The Hall–Kier alpha value is -1.68. The van der Waals surface area contributed by atoms with Gasteiger partial charge >= 0.3 is 15.6 Å². The SMILES string of the molecule is CCCCNCC1COc2ccc(OS(=O)(=O)C(F)(F)F)cc2O1. The molecule has 1 aliphatic heterocycles. The fraction of sp³-hybridized carbons (Fsp3) is 0.571. The molecule has 1 aliphatic rings. The molecule has 0 amide bonds. The number of nitrogens with one attached hydrogen (secondary N) is 1. The molecule has 2 rings (SSSR count). The van der Waals surface area contributed by atoms with E-state index in [4.69, 9.17) is 9.47 Å². The summed E-state index contributed by atoms with van der Waals surface area (Å²) in [4.78, 5) is 0. The van der Waals surface area contributed by atoms with Crippen molar-refractivity contribution in [3.63, 3.8) is 0 Å². The predicted molar refractivity (Wildman–Crippen MR) is 79.7 cm³/mol. The van der Waals surface area contributed by atoms with Crippen molar-refractivity contribution in [1.29, 1.82) is 0 Å². The van der Waals surface area contributed by atoms with Gasteiger partial charge < -0.3 is 19.0 Å². The van der Waals surface area contributed by atoms with Gasteiger partial charge in [-0.15, -0.1) is 0 Å². The average Bonchev–Trinajstić information content (AvgIpc) is 2.50. The number of halogens is 3. The normalized spacial score (nSPS) is 17.6. The Morgan fingerprint density at radius 3 is 2.75 bits per heavy atom. The lowest BCUT2D eigenvalue weighted by Gasteiger charge is -2.27. The second-order valence-electron chi connectivity index (χ2n) is 5.20. The molecule has 6 nitrogen and oxygen atoms in total. The van der Waals surface area contributed by atoms with E-state index >= 15 is 0 Å². The third-order valence-corrected chi connectivity index (χ3v) is 4.18. The Morgan fingerprint density at radius 2 is 2.08 bits per heavy atom. The van der Waals surface area contributed by atoms with E-state index in [1.165, 1.54) is 6.07 Å². The van der Waals surface area contributed by atoms with Crippen LogP contribution in [0.2, 0.25) is 0 Å². The molecule has 0 aliphatic carbocycles. The third kappa shape index (κ3) is 4.67. The third-order valence-electron chi connectivity index (χ3n) is 3.20. The second kappa shape index (κ2) is 7.47. The van der Waals surface area contributed by atoms with Crippen LogP contribution >= 0.6 is 0 Å². The van der Waals surface area contributed by atoms with Crippen molar-refractivity contribution in [3.05, 3.63) is 18.2 Å². The maximum atomic E-state index is 12.3. The maximum absolute atomic E-state index is 12.3. The first-order valence-electron chi connectivity index (χ1n) is 7.38. The van der Waals surface area contributed by atoms with Gasteiger partial charge in [0.2, 0.25) is 0 Å². The number of unbranched alkanes of at least 4 members (excludes halogenated alkanes) is 1. The summed E-state index contributed by atoms with van der Waals surface area (Å²) in [5.41, 5.74) is -5.49. The molecule has 0 spiro atoms. The van der Waals surface area contributed by atoms with Crippen molar-refractivity contribution in [2.75, 3.05) is 19.7 Å². The number of fused-ring (bicyclic) bond motifs is 1. The van der Waals surface area contributed by atoms with Crippen LogP contribution in [-0.4, -0.2) is 39.7 Å². The van der Waals surface area contributed by atoms with Crippen LogP contribution in [0.15, 0.2) is 18.2 Å². The highest BCUT2D eigenvalue weighted by atomic mass is 32.2. The van der Waals surface area contributed by atoms with Gasteiger partial charge in [0.15, 0.2) is 11.5 Å². The van der Waals surface area contributed by atoms with Crippen molar-refractivity contribution in [2.45, 2.75) is 31.4 Å². The van der Waals surface area contributed by atoms with Gasteiger partial charge in [0.25, 0.3) is 0 Å². The van der Waals surface area contributed by atoms with E-state index in [0.29, 0.717) is 12.3 Å². The largest absolute Gasteiger partial charge is 0.534 e. The first-order chi connectivity index (χ1) is 11.2. The Kier molecular flexibility index (Phi) is 5.81. The highest BCUT2D eigenvalue weighted by Crippen LogP contribution is 2.36. The number of hydrogen-bond acceptors (Lipinski definition) is 6. The highest BCUT2D eigenvalue weighted by Gasteiger charge is 2.48. The molecule has 1 aromatic carbocycles. The van der Waals surface area contributed by atoms with Crippen LogP contribution in [0.5, 0.6) is 17.2 Å². The quantitative estimate of drug-likeness (QED) is 0.452. The molecule has 1 unspecified atom stereocenters. The smallest absolute Gasteiger partial charge is 0.486 e. The molecule has 1 heterocycles. The molecule has 136 valence electrons. The maximum Gasteiger partial charge on any atom is 0.534 e. The second-order valence-corrected chi connectivity index (χ2v) is 6.74. The molecule has 0 bridgehead atoms. The Bertz CT molecular complexity index is 663. The van der Waals surface area contributed by atoms with Crippen molar-refractivity contribution in [3.8, 4) is 17.2 Å². The van der Waals surface area contributed by atoms with Crippen LogP contribution in [0.1, 0.15) is 19.8 Å². The summed E-state index contributed by atoms with van der Waals surface area (Å²) in [6, 6.07) is 3.44. The minimum absolute atomic E-state index is 0.137. The number of hydrogen-bond donors (Lipinski definition) is 1. The van der Waals surface area contributed by atoms with Crippen LogP contribution in [0.3, 0.4) is 0 Å². The van der Waals surface area contributed by atoms with E-state index in [-0.39, 0.29) is 18.5 Å². The molecule has 0 fully saturated rings. The summed E-state index contributed by atoms with van der Waals surface area (Å²) >= 11 is 0. The van der Waals surface area contributed by atoms with E-state index in [1.54, 1.807) is 0 Å². The van der Waals surface area contributed by atoms with Gasteiger partial charge in [-0.05, 0) is 25.1 Å². The number of ether oxygens (including phenoxy) is 2. The van der Waals surface area contributed by atoms with Gasteiger partial charge in [0.1, 0.15) is 18.5 Å². The van der Waals surface area contributed by atoms with E-state index in [2.05, 4.69) is 16.4 Å². The van der Waals surface area contributed by atoms with Crippen molar-refractivity contribution in [1.82, 2.24) is 5.32 Å². The van der Waals surface area contributed by atoms with E-state index < -0.39 is 21.4 Å². The fourth-order valence-corrected chi connectivity index (χ4v) is 2.44. The van der Waals surface area contributed by atoms with E-state index in [0.717, 1.165) is 31.5 Å². The van der Waals surface area contributed by atoms with Gasteiger partial charge in [0.05, 0.1) is 0 Å². The fourth-order valence-electron chi connectivity index (χ4n) is 1.99. The summed E-state index contributed by atoms with van der Waals surface area (Å²) in [5.74, 6) is -0.0377. The summed E-state index contributed by atoms with van der Waals surface area (Å²) in [7, 11) is -5.72. The first kappa shape index (κ1) is 18.7. The van der Waals surface area contributed by atoms with Gasteiger partial charge in [-0.2, -0.15) is 21.6 Å². The van der Waals surface area contributed by atoms with Gasteiger partial charge in [0, 0.05) is 12.6 Å². The topological polar surface area (TPSA) is 73.9 Å². The summed E-state index contributed by atoms with van der Waals surface area (Å²) < 4.78 is 74.2. The van der Waals surface area contributed by atoms with Crippen molar-refractivity contribution >= 4 is 10.1 Å². The molecule has 0 saturated heterocycles. The molecular weight excluding hydrogens is 351 g/mol. The Morgan fingerprint density at radius 1 is 1.33 bits per heavy atom. The van der Waals surface area contributed by atoms with Crippen LogP contribution in [0, 0.1) is 0 Å². The molecule has 1 N–H and O–H groups in total. The van der Waals surface area contributed by atoms with Gasteiger partial charge in [-0.3, -0.25) is 0 Å². The zero-order valence-corrected chi connectivity index (χ0v) is 13.7. The van der Waals surface area contributed by atoms with Crippen molar-refractivity contribution < 1.29 is 35.2 Å². The average molecular weight is 369 g/mol. The van der Waals surface area contributed by atoms with E-state index in [9.17, 15) is 21.6 Å². The molecule has 10 heteroatoms. The molecule has 0 saturated carbocycles. The van der Waals surface area contributed by atoms with Crippen LogP contribution in [-0.2, 0) is 10.1 Å². The first-order valence-corrected chi connectivity index (χ1v) is 8.78.